The second kappa shape index (κ2) is 7.09. The highest BCUT2D eigenvalue weighted by atomic mass is 79.9. The molecule has 1 N–H and O–H groups in total. The van der Waals surface area contributed by atoms with Gasteiger partial charge in [0.25, 0.3) is 0 Å². The Hall–Kier alpha value is -0.630. The zero-order valence-corrected chi connectivity index (χ0v) is 14.7. The van der Waals surface area contributed by atoms with E-state index >= 15 is 0 Å². The van der Waals surface area contributed by atoms with E-state index in [0.717, 1.165) is 13.1 Å². The quantitative estimate of drug-likeness (QED) is 0.826. The standard InChI is InChI=1S/C14H21BrN2O3S/c1-11(17-7-3-4-8-17)10-16-21(18,19)12-5-6-14(20-2)13(15)9-12/h5-6,9,11,16H,3-4,7-8,10H2,1-2H3. The fourth-order valence-corrected chi connectivity index (χ4v) is 4.28. The van der Waals surface area contributed by atoms with Crippen molar-refractivity contribution in [3.8, 4) is 5.75 Å². The summed E-state index contributed by atoms with van der Waals surface area (Å²) in [6.07, 6.45) is 2.39. The van der Waals surface area contributed by atoms with Crippen LogP contribution in [-0.2, 0) is 10.0 Å². The topological polar surface area (TPSA) is 58.6 Å². The summed E-state index contributed by atoms with van der Waals surface area (Å²) >= 11 is 3.31. The molecule has 0 saturated carbocycles. The van der Waals surface area contributed by atoms with Gasteiger partial charge in [-0.2, -0.15) is 0 Å². The van der Waals surface area contributed by atoms with Crippen LogP contribution in [0.2, 0.25) is 0 Å². The Labute approximate surface area is 134 Å². The second-order valence-corrected chi connectivity index (χ2v) is 7.86. The summed E-state index contributed by atoms with van der Waals surface area (Å²) < 4.78 is 33.0. The molecule has 0 radical (unpaired) electrons. The van der Waals surface area contributed by atoms with Gasteiger partial charge >= 0.3 is 0 Å². The van der Waals surface area contributed by atoms with Gasteiger partial charge in [0.2, 0.25) is 10.0 Å². The highest BCUT2D eigenvalue weighted by Gasteiger charge is 2.21. The van der Waals surface area contributed by atoms with Gasteiger partial charge in [-0.1, -0.05) is 0 Å². The third-order valence-corrected chi connectivity index (χ3v) is 5.81. The molecule has 1 heterocycles. The van der Waals surface area contributed by atoms with Crippen LogP contribution in [0.3, 0.4) is 0 Å². The average Bonchev–Trinajstić information content (AvgIpc) is 2.99. The Kier molecular flexibility index (Phi) is 5.65. The molecule has 21 heavy (non-hydrogen) atoms. The molecular formula is C14H21BrN2O3S. The minimum absolute atomic E-state index is 0.212. The van der Waals surface area contributed by atoms with E-state index in [9.17, 15) is 8.42 Å². The number of hydrogen-bond donors (Lipinski definition) is 1. The van der Waals surface area contributed by atoms with E-state index in [1.807, 2.05) is 0 Å². The van der Waals surface area contributed by atoms with Crippen molar-refractivity contribution in [2.24, 2.45) is 0 Å². The molecule has 1 aliphatic rings. The normalized spacial score (nSPS) is 17.9. The predicted molar refractivity (Wildman–Crippen MR) is 86.2 cm³/mol. The first-order valence-electron chi connectivity index (χ1n) is 7.01. The summed E-state index contributed by atoms with van der Waals surface area (Å²) in [5.41, 5.74) is 0. The molecule has 118 valence electrons. The monoisotopic (exact) mass is 376 g/mol. The second-order valence-electron chi connectivity index (χ2n) is 5.24. The first-order chi connectivity index (χ1) is 9.94. The first-order valence-corrected chi connectivity index (χ1v) is 9.29. The summed E-state index contributed by atoms with van der Waals surface area (Å²) in [7, 11) is -1.95. The zero-order valence-electron chi connectivity index (χ0n) is 12.3. The van der Waals surface area contributed by atoms with Gasteiger partial charge in [0, 0.05) is 12.6 Å². The third-order valence-electron chi connectivity index (χ3n) is 3.77. The largest absolute Gasteiger partial charge is 0.496 e. The number of benzene rings is 1. The van der Waals surface area contributed by atoms with Crippen molar-refractivity contribution in [3.63, 3.8) is 0 Å². The van der Waals surface area contributed by atoms with Gasteiger partial charge in [-0.3, -0.25) is 4.90 Å². The highest BCUT2D eigenvalue weighted by Crippen LogP contribution is 2.27. The van der Waals surface area contributed by atoms with Crippen molar-refractivity contribution in [3.05, 3.63) is 22.7 Å². The van der Waals surface area contributed by atoms with E-state index in [4.69, 9.17) is 4.74 Å². The van der Waals surface area contributed by atoms with Crippen LogP contribution in [0.4, 0.5) is 0 Å². The summed E-state index contributed by atoms with van der Waals surface area (Å²) in [5.74, 6) is 0.611. The fourth-order valence-electron chi connectivity index (χ4n) is 2.44. The molecule has 2 rings (SSSR count). The Balaban J connectivity index is 2.02. The molecule has 0 aromatic heterocycles. The number of likely N-dealkylation sites (tertiary alicyclic amines) is 1. The highest BCUT2D eigenvalue weighted by molar-refractivity contribution is 9.10. The number of nitrogens with zero attached hydrogens (tertiary/aromatic N) is 1. The number of nitrogens with one attached hydrogen (secondary N) is 1. The van der Waals surface area contributed by atoms with Crippen LogP contribution in [0, 0.1) is 0 Å². The summed E-state index contributed by atoms with van der Waals surface area (Å²) in [6.45, 7) is 4.58. The molecule has 5 nitrogen and oxygen atoms in total. The van der Waals surface area contributed by atoms with E-state index in [2.05, 4.69) is 32.5 Å². The number of sulfonamides is 1. The number of halogens is 1. The molecule has 0 spiro atoms. The molecule has 0 amide bonds. The van der Waals surface area contributed by atoms with Crippen LogP contribution in [0.15, 0.2) is 27.6 Å². The predicted octanol–water partition coefficient (Wildman–Crippen LogP) is 2.22. The lowest BCUT2D eigenvalue weighted by molar-refractivity contribution is 0.260. The zero-order chi connectivity index (χ0) is 15.5. The Morgan fingerprint density at radius 3 is 2.62 bits per heavy atom. The van der Waals surface area contributed by atoms with Gasteiger partial charge in [0.15, 0.2) is 0 Å². The van der Waals surface area contributed by atoms with E-state index in [1.54, 1.807) is 25.3 Å². The van der Waals surface area contributed by atoms with Crippen molar-refractivity contribution in [1.29, 1.82) is 0 Å². The number of rotatable bonds is 6. The maximum absolute atomic E-state index is 12.3. The molecule has 0 aliphatic carbocycles. The molecule has 7 heteroatoms. The molecule has 1 atom stereocenters. The van der Waals surface area contributed by atoms with Gasteiger partial charge in [0.05, 0.1) is 16.5 Å². The third kappa shape index (κ3) is 4.18. The van der Waals surface area contributed by atoms with E-state index in [1.165, 1.54) is 12.8 Å². The van der Waals surface area contributed by atoms with E-state index in [-0.39, 0.29) is 10.9 Å². The first kappa shape index (κ1) is 16.7. The summed E-state index contributed by atoms with van der Waals surface area (Å²) in [4.78, 5) is 2.55. The molecule has 1 unspecified atom stereocenters. The maximum atomic E-state index is 12.3. The molecule has 1 aromatic rings. The molecule has 1 saturated heterocycles. The lowest BCUT2D eigenvalue weighted by Gasteiger charge is -2.23. The summed E-state index contributed by atoms with van der Waals surface area (Å²) in [5, 5.41) is 0. The SMILES string of the molecule is COc1ccc(S(=O)(=O)NCC(C)N2CCCC2)cc1Br. The number of methoxy groups -OCH3 is 1. The van der Waals surface area contributed by atoms with Crippen molar-refractivity contribution in [2.45, 2.75) is 30.7 Å². The molecule has 1 aromatic carbocycles. The van der Waals surface area contributed by atoms with Crippen LogP contribution >= 0.6 is 15.9 Å². The minimum atomic E-state index is -3.49. The number of ether oxygens (including phenoxy) is 1. The van der Waals surface area contributed by atoms with Gasteiger partial charge in [-0.25, -0.2) is 13.1 Å². The van der Waals surface area contributed by atoms with Crippen molar-refractivity contribution >= 4 is 26.0 Å². The van der Waals surface area contributed by atoms with Gasteiger partial charge in [-0.15, -0.1) is 0 Å². The van der Waals surface area contributed by atoms with Gasteiger partial charge < -0.3 is 4.74 Å². The molecule has 1 fully saturated rings. The van der Waals surface area contributed by atoms with Gasteiger partial charge in [0.1, 0.15) is 5.75 Å². The Bertz CT molecular complexity index is 586. The summed E-state index contributed by atoms with van der Waals surface area (Å²) in [6, 6.07) is 4.96. The number of hydrogen-bond acceptors (Lipinski definition) is 4. The molecule has 1 aliphatic heterocycles. The molecule has 0 bridgehead atoms. The fraction of sp³-hybridized carbons (Fsp3) is 0.571. The van der Waals surface area contributed by atoms with Crippen LogP contribution in [0.1, 0.15) is 19.8 Å². The van der Waals surface area contributed by atoms with Crippen LogP contribution in [0.5, 0.6) is 5.75 Å². The lowest BCUT2D eigenvalue weighted by atomic mass is 10.3. The average molecular weight is 377 g/mol. The molecular weight excluding hydrogens is 356 g/mol. The Morgan fingerprint density at radius 2 is 2.05 bits per heavy atom. The van der Waals surface area contributed by atoms with E-state index < -0.39 is 10.0 Å². The van der Waals surface area contributed by atoms with Crippen LogP contribution in [0.25, 0.3) is 0 Å². The van der Waals surface area contributed by atoms with Crippen molar-refractivity contribution in [2.75, 3.05) is 26.7 Å². The maximum Gasteiger partial charge on any atom is 0.240 e. The minimum Gasteiger partial charge on any atom is -0.496 e. The lowest BCUT2D eigenvalue weighted by Crippen LogP contribution is -2.40. The Morgan fingerprint density at radius 1 is 1.38 bits per heavy atom. The van der Waals surface area contributed by atoms with Gasteiger partial charge in [-0.05, 0) is 67.0 Å². The van der Waals surface area contributed by atoms with E-state index in [0.29, 0.717) is 16.8 Å². The van der Waals surface area contributed by atoms with Crippen molar-refractivity contribution in [1.82, 2.24) is 9.62 Å². The van der Waals surface area contributed by atoms with Crippen LogP contribution < -0.4 is 9.46 Å². The van der Waals surface area contributed by atoms with Crippen LogP contribution in [-0.4, -0.2) is 46.1 Å². The smallest absolute Gasteiger partial charge is 0.240 e. The van der Waals surface area contributed by atoms with Crippen molar-refractivity contribution < 1.29 is 13.2 Å².